The Morgan fingerprint density at radius 3 is 2.61 bits per heavy atom. The number of nitrogens with one attached hydrogen (secondary N) is 2. The lowest BCUT2D eigenvalue weighted by atomic mass is 10.2. The zero-order valence-electron chi connectivity index (χ0n) is 18.2. The molecule has 4 heterocycles. The van der Waals surface area contributed by atoms with E-state index in [0.717, 1.165) is 48.6 Å². The summed E-state index contributed by atoms with van der Waals surface area (Å²) in [6, 6.07) is 15.6. The molecule has 8 heteroatoms. The highest BCUT2D eigenvalue weighted by Gasteiger charge is 2.13. The highest BCUT2D eigenvalue weighted by Crippen LogP contribution is 2.20. The van der Waals surface area contributed by atoms with Gasteiger partial charge >= 0.3 is 0 Å². The molecule has 8 nitrogen and oxygen atoms in total. The molecule has 1 saturated heterocycles. The largest absolute Gasteiger partial charge is 0.354 e. The summed E-state index contributed by atoms with van der Waals surface area (Å²) >= 11 is 0. The molecule has 2 N–H and O–H groups in total. The molecule has 0 saturated carbocycles. The van der Waals surface area contributed by atoms with E-state index in [0.29, 0.717) is 23.7 Å². The molecule has 33 heavy (non-hydrogen) atoms. The fourth-order valence-corrected chi connectivity index (χ4v) is 3.97. The SMILES string of the molecule is C=Cc1cc2cnc(Nc3ccc(N4CCNCC4)nc3)nc2n(Cc2ccccc2)c1=O. The maximum Gasteiger partial charge on any atom is 0.259 e. The van der Waals surface area contributed by atoms with Crippen LogP contribution < -0.4 is 21.1 Å². The molecule has 0 atom stereocenters. The molecule has 5 rings (SSSR count). The monoisotopic (exact) mass is 439 g/mol. The maximum absolute atomic E-state index is 13.1. The topological polar surface area (TPSA) is 88.0 Å². The Labute approximate surface area is 191 Å². The van der Waals surface area contributed by atoms with E-state index in [1.807, 2.05) is 42.5 Å². The van der Waals surface area contributed by atoms with Gasteiger partial charge in [-0.3, -0.25) is 9.36 Å². The molecule has 0 unspecified atom stereocenters. The predicted molar refractivity (Wildman–Crippen MR) is 132 cm³/mol. The van der Waals surface area contributed by atoms with Gasteiger partial charge in [-0.2, -0.15) is 4.98 Å². The lowest BCUT2D eigenvalue weighted by Crippen LogP contribution is -2.43. The fraction of sp³-hybridized carbons (Fsp3) is 0.200. The molecule has 0 amide bonds. The van der Waals surface area contributed by atoms with Crippen LogP contribution >= 0.6 is 0 Å². The van der Waals surface area contributed by atoms with Crippen LogP contribution in [0.4, 0.5) is 17.5 Å². The van der Waals surface area contributed by atoms with Crippen molar-refractivity contribution in [1.82, 2.24) is 24.8 Å². The second-order valence-electron chi connectivity index (χ2n) is 7.92. The van der Waals surface area contributed by atoms with E-state index in [-0.39, 0.29) is 5.56 Å². The molecule has 3 aromatic heterocycles. The molecule has 0 spiro atoms. The minimum Gasteiger partial charge on any atom is -0.354 e. The van der Waals surface area contributed by atoms with Gasteiger partial charge in [0.1, 0.15) is 11.5 Å². The molecule has 0 aliphatic carbocycles. The van der Waals surface area contributed by atoms with Gasteiger partial charge in [-0.25, -0.2) is 9.97 Å². The van der Waals surface area contributed by atoms with Crippen molar-refractivity contribution in [2.45, 2.75) is 6.54 Å². The number of aromatic nitrogens is 4. The van der Waals surface area contributed by atoms with E-state index in [4.69, 9.17) is 0 Å². The van der Waals surface area contributed by atoms with Gasteiger partial charge in [0.15, 0.2) is 0 Å². The van der Waals surface area contributed by atoms with Crippen LogP contribution in [0.3, 0.4) is 0 Å². The number of piperazine rings is 1. The molecule has 0 radical (unpaired) electrons. The van der Waals surface area contributed by atoms with E-state index in [1.165, 1.54) is 0 Å². The molecule has 1 aliphatic heterocycles. The number of hydrogen-bond donors (Lipinski definition) is 2. The number of anilines is 3. The summed E-state index contributed by atoms with van der Waals surface area (Å²) in [6.07, 6.45) is 5.07. The van der Waals surface area contributed by atoms with Crippen molar-refractivity contribution in [3.63, 3.8) is 0 Å². The molecule has 0 bridgehead atoms. The molecule has 1 aliphatic rings. The second-order valence-corrected chi connectivity index (χ2v) is 7.92. The number of nitrogens with zero attached hydrogens (tertiary/aromatic N) is 5. The summed E-state index contributed by atoms with van der Waals surface area (Å²) in [4.78, 5) is 29.0. The van der Waals surface area contributed by atoms with Crippen LogP contribution in [0.5, 0.6) is 0 Å². The van der Waals surface area contributed by atoms with Crippen LogP contribution in [0.2, 0.25) is 0 Å². The molecule has 166 valence electrons. The number of rotatable bonds is 6. The molecular formula is C25H25N7O. The molecule has 1 aromatic carbocycles. The van der Waals surface area contributed by atoms with Gasteiger partial charge in [0.25, 0.3) is 5.56 Å². The standard InChI is InChI=1S/C25H25N7O/c1-2-19-14-20-15-28-25(29-21-8-9-22(27-16-21)31-12-10-26-11-13-31)30-23(20)32(24(19)33)17-18-6-4-3-5-7-18/h2-9,14-16,26H,1,10-13,17H2,(H,28,29,30). The Balaban J connectivity index is 1.46. The summed E-state index contributed by atoms with van der Waals surface area (Å²) in [5.41, 5.74) is 2.76. The van der Waals surface area contributed by atoms with Crippen LogP contribution in [0.1, 0.15) is 11.1 Å². The second kappa shape index (κ2) is 9.22. The Hall–Kier alpha value is -4.04. The van der Waals surface area contributed by atoms with Gasteiger partial charge in [-0.1, -0.05) is 43.0 Å². The fourth-order valence-electron chi connectivity index (χ4n) is 3.97. The zero-order valence-corrected chi connectivity index (χ0v) is 18.2. The first-order valence-electron chi connectivity index (χ1n) is 11.0. The molecule has 1 fully saturated rings. The third-order valence-electron chi connectivity index (χ3n) is 5.70. The van der Waals surface area contributed by atoms with Crippen LogP contribution in [0, 0.1) is 0 Å². The molecule has 4 aromatic rings. The van der Waals surface area contributed by atoms with Gasteiger partial charge in [0, 0.05) is 43.3 Å². The smallest absolute Gasteiger partial charge is 0.259 e. The number of fused-ring (bicyclic) bond motifs is 1. The Morgan fingerprint density at radius 2 is 1.88 bits per heavy atom. The van der Waals surface area contributed by atoms with Gasteiger partial charge in [-0.15, -0.1) is 0 Å². The van der Waals surface area contributed by atoms with E-state index in [2.05, 4.69) is 37.1 Å². The number of benzene rings is 1. The third-order valence-corrected chi connectivity index (χ3v) is 5.70. The first-order valence-corrected chi connectivity index (χ1v) is 11.0. The van der Waals surface area contributed by atoms with Gasteiger partial charge in [-0.05, 0) is 23.8 Å². The van der Waals surface area contributed by atoms with Crippen LogP contribution in [-0.4, -0.2) is 45.7 Å². The summed E-state index contributed by atoms with van der Waals surface area (Å²) in [5.74, 6) is 1.36. The summed E-state index contributed by atoms with van der Waals surface area (Å²) < 4.78 is 1.67. The summed E-state index contributed by atoms with van der Waals surface area (Å²) in [7, 11) is 0. The Kier molecular flexibility index (Phi) is 5.82. The van der Waals surface area contributed by atoms with E-state index < -0.39 is 0 Å². The number of pyridine rings is 2. The average Bonchev–Trinajstić information content (AvgIpc) is 2.87. The number of hydrogen-bond acceptors (Lipinski definition) is 7. The van der Waals surface area contributed by atoms with Crippen molar-refractivity contribution in [3.8, 4) is 0 Å². The van der Waals surface area contributed by atoms with Crippen molar-refractivity contribution in [3.05, 3.63) is 89.0 Å². The third kappa shape index (κ3) is 4.47. The first kappa shape index (κ1) is 20.8. The van der Waals surface area contributed by atoms with Crippen molar-refractivity contribution >= 4 is 34.6 Å². The maximum atomic E-state index is 13.1. The lowest BCUT2D eigenvalue weighted by Gasteiger charge is -2.28. The highest BCUT2D eigenvalue weighted by atomic mass is 16.1. The minimum absolute atomic E-state index is 0.131. The van der Waals surface area contributed by atoms with E-state index in [1.54, 1.807) is 29.1 Å². The van der Waals surface area contributed by atoms with Crippen molar-refractivity contribution in [2.24, 2.45) is 0 Å². The van der Waals surface area contributed by atoms with Crippen molar-refractivity contribution in [2.75, 3.05) is 36.4 Å². The lowest BCUT2D eigenvalue weighted by molar-refractivity contribution is 0.585. The molecular weight excluding hydrogens is 414 g/mol. The van der Waals surface area contributed by atoms with Crippen LogP contribution in [0.25, 0.3) is 17.1 Å². The van der Waals surface area contributed by atoms with Gasteiger partial charge in [0.2, 0.25) is 5.95 Å². The van der Waals surface area contributed by atoms with Crippen molar-refractivity contribution in [1.29, 1.82) is 0 Å². The Bertz CT molecular complexity index is 1330. The zero-order chi connectivity index (χ0) is 22.6. The van der Waals surface area contributed by atoms with Crippen molar-refractivity contribution < 1.29 is 0 Å². The van der Waals surface area contributed by atoms with Crippen LogP contribution in [-0.2, 0) is 6.54 Å². The van der Waals surface area contributed by atoms with Gasteiger partial charge < -0.3 is 15.5 Å². The predicted octanol–water partition coefficient (Wildman–Crippen LogP) is 3.03. The minimum atomic E-state index is -0.131. The average molecular weight is 440 g/mol. The van der Waals surface area contributed by atoms with E-state index in [9.17, 15) is 4.79 Å². The van der Waals surface area contributed by atoms with Crippen LogP contribution in [0.15, 0.2) is 72.3 Å². The van der Waals surface area contributed by atoms with Gasteiger partial charge in [0.05, 0.1) is 18.4 Å². The first-order chi connectivity index (χ1) is 16.2. The summed E-state index contributed by atoms with van der Waals surface area (Å²) in [5, 5.41) is 7.34. The Morgan fingerprint density at radius 1 is 1.06 bits per heavy atom. The quantitative estimate of drug-likeness (QED) is 0.477. The summed E-state index contributed by atoms with van der Waals surface area (Å²) in [6.45, 7) is 8.01. The van der Waals surface area contributed by atoms with E-state index >= 15 is 0 Å². The normalized spacial score (nSPS) is 13.8. The highest BCUT2D eigenvalue weighted by molar-refractivity contribution is 5.78.